The maximum atomic E-state index is 14.9. The average Bonchev–Trinajstić information content (AvgIpc) is 2.97. The molecule has 2 aromatic rings. The number of ether oxygens (including phenoxy) is 1. The Labute approximate surface area is 194 Å². The van der Waals surface area contributed by atoms with Crippen molar-refractivity contribution in [1.29, 1.82) is 0 Å². The van der Waals surface area contributed by atoms with Gasteiger partial charge in [-0.05, 0) is 48.0 Å². The monoisotopic (exact) mass is 481 g/mol. The van der Waals surface area contributed by atoms with Gasteiger partial charge >= 0.3 is 13.2 Å². The van der Waals surface area contributed by atoms with E-state index >= 15 is 0 Å². The van der Waals surface area contributed by atoms with Crippen LogP contribution >= 0.6 is 11.8 Å². The summed E-state index contributed by atoms with van der Waals surface area (Å²) >= 11 is 1.23. The standard InChI is InChI=1S/C21H26BF2N3O5S/c1-10-17(11(2)32-27-10)16-9-21(6,12-7-13(22(29)30)15(24)8-14(12)23)26-18(33-16)25-19(28)31-20(3,4)5/h7-8,16,29-30H,9H2,1-6H3,(H,25,26,28)/t16-,21+/m0/s1. The number of benzene rings is 1. The number of alkyl carbamates (subject to hydrolysis) is 1. The minimum Gasteiger partial charge on any atom is -0.444 e. The third-order valence-electron chi connectivity index (χ3n) is 5.15. The minimum absolute atomic E-state index is 0.0486. The molecule has 2 heterocycles. The summed E-state index contributed by atoms with van der Waals surface area (Å²) in [6.07, 6.45) is -0.495. The fourth-order valence-electron chi connectivity index (χ4n) is 3.74. The lowest BCUT2D eigenvalue weighted by Gasteiger charge is -2.36. The summed E-state index contributed by atoms with van der Waals surface area (Å²) in [7, 11) is -2.13. The number of carbonyl (C=O) groups excluding carboxylic acids is 1. The van der Waals surface area contributed by atoms with Gasteiger partial charge in [-0.15, -0.1) is 0 Å². The van der Waals surface area contributed by atoms with Crippen molar-refractivity contribution in [3.05, 3.63) is 46.3 Å². The first-order valence-corrected chi connectivity index (χ1v) is 11.1. The molecule has 12 heteroatoms. The number of amidine groups is 1. The Morgan fingerprint density at radius 3 is 2.52 bits per heavy atom. The van der Waals surface area contributed by atoms with Crippen molar-refractivity contribution in [3.63, 3.8) is 0 Å². The summed E-state index contributed by atoms with van der Waals surface area (Å²) in [6, 6.07) is 1.64. The predicted molar refractivity (Wildman–Crippen MR) is 121 cm³/mol. The van der Waals surface area contributed by atoms with E-state index in [1.807, 2.05) is 0 Å². The number of nitrogens with one attached hydrogen (secondary N) is 1. The highest BCUT2D eigenvalue weighted by molar-refractivity contribution is 8.14. The van der Waals surface area contributed by atoms with Crippen LogP contribution in [-0.4, -0.2) is 39.2 Å². The second-order valence-electron chi connectivity index (χ2n) is 9.09. The number of hydrogen-bond donors (Lipinski definition) is 3. The zero-order valence-electron chi connectivity index (χ0n) is 19.2. The van der Waals surface area contributed by atoms with Gasteiger partial charge in [-0.2, -0.15) is 0 Å². The number of aliphatic imine (C=N–C) groups is 1. The Balaban J connectivity index is 2.09. The van der Waals surface area contributed by atoms with Gasteiger partial charge in [0.15, 0.2) is 5.17 Å². The summed E-state index contributed by atoms with van der Waals surface area (Å²) in [5.74, 6) is -1.42. The molecule has 8 nitrogen and oxygen atoms in total. The zero-order chi connectivity index (χ0) is 24.7. The van der Waals surface area contributed by atoms with Gasteiger partial charge in [0.25, 0.3) is 0 Å². The van der Waals surface area contributed by atoms with Crippen LogP contribution in [0.1, 0.15) is 61.9 Å². The SMILES string of the molecule is Cc1noc(C)c1[C@@H]1C[C@](C)(c2cc(B(O)O)c(F)cc2F)N=C(NC(=O)OC(C)(C)C)S1. The van der Waals surface area contributed by atoms with Crippen molar-refractivity contribution in [3.8, 4) is 0 Å². The van der Waals surface area contributed by atoms with E-state index in [9.17, 15) is 23.6 Å². The predicted octanol–water partition coefficient (Wildman–Crippen LogP) is 3.22. The summed E-state index contributed by atoms with van der Waals surface area (Å²) < 4.78 is 39.6. The summed E-state index contributed by atoms with van der Waals surface area (Å²) in [6.45, 7) is 10.3. The summed E-state index contributed by atoms with van der Waals surface area (Å²) in [5.41, 5.74) is -1.16. The molecule has 1 aromatic heterocycles. The molecule has 0 aliphatic carbocycles. The van der Waals surface area contributed by atoms with E-state index in [0.29, 0.717) is 17.5 Å². The lowest BCUT2D eigenvalue weighted by Crippen LogP contribution is -2.40. The Morgan fingerprint density at radius 2 is 1.97 bits per heavy atom. The van der Waals surface area contributed by atoms with Crippen molar-refractivity contribution in [2.24, 2.45) is 4.99 Å². The van der Waals surface area contributed by atoms with Crippen LogP contribution < -0.4 is 10.8 Å². The van der Waals surface area contributed by atoms with Gasteiger partial charge in [0.2, 0.25) is 0 Å². The van der Waals surface area contributed by atoms with Crippen molar-refractivity contribution in [2.75, 3.05) is 0 Å². The van der Waals surface area contributed by atoms with Gasteiger partial charge in [0.1, 0.15) is 23.0 Å². The van der Waals surface area contributed by atoms with Gasteiger partial charge in [0, 0.05) is 27.9 Å². The molecule has 0 saturated heterocycles. The van der Waals surface area contributed by atoms with Crippen LogP contribution in [0.2, 0.25) is 0 Å². The number of aromatic nitrogens is 1. The highest BCUT2D eigenvalue weighted by Gasteiger charge is 2.41. The smallest absolute Gasteiger partial charge is 0.444 e. The second-order valence-corrected chi connectivity index (χ2v) is 10.3. The zero-order valence-corrected chi connectivity index (χ0v) is 20.0. The van der Waals surface area contributed by atoms with Gasteiger partial charge in [-0.3, -0.25) is 10.3 Å². The average molecular weight is 481 g/mol. The topological polar surface area (TPSA) is 117 Å². The fourth-order valence-corrected chi connectivity index (χ4v) is 5.27. The molecule has 0 bridgehead atoms. The van der Waals surface area contributed by atoms with E-state index < -0.39 is 41.4 Å². The molecule has 178 valence electrons. The first-order valence-electron chi connectivity index (χ1n) is 10.2. The van der Waals surface area contributed by atoms with Crippen molar-refractivity contribution >= 4 is 35.6 Å². The molecule has 0 fully saturated rings. The molecule has 1 aliphatic heterocycles. The van der Waals surface area contributed by atoms with E-state index in [4.69, 9.17) is 9.26 Å². The lowest BCUT2D eigenvalue weighted by molar-refractivity contribution is 0.0564. The van der Waals surface area contributed by atoms with Crippen LogP contribution in [0.4, 0.5) is 13.6 Å². The molecule has 3 N–H and O–H groups in total. The molecule has 3 rings (SSSR count). The quantitative estimate of drug-likeness (QED) is 0.577. The number of aryl methyl sites for hydroxylation is 2. The molecule has 0 spiro atoms. The molecule has 0 unspecified atom stereocenters. The van der Waals surface area contributed by atoms with Crippen LogP contribution in [0.25, 0.3) is 0 Å². The van der Waals surface area contributed by atoms with Crippen molar-refractivity contribution in [2.45, 2.75) is 64.4 Å². The van der Waals surface area contributed by atoms with Crippen molar-refractivity contribution < 1.29 is 32.9 Å². The molecule has 1 aliphatic rings. The summed E-state index contributed by atoms with van der Waals surface area (Å²) in [4.78, 5) is 17.0. The Bertz CT molecular complexity index is 1080. The van der Waals surface area contributed by atoms with Crippen LogP contribution in [0.5, 0.6) is 0 Å². The third-order valence-corrected chi connectivity index (χ3v) is 6.25. The molecule has 33 heavy (non-hydrogen) atoms. The van der Waals surface area contributed by atoms with Gasteiger partial charge in [0.05, 0.1) is 11.2 Å². The van der Waals surface area contributed by atoms with Gasteiger partial charge < -0.3 is 19.3 Å². The number of halogens is 2. The first kappa shape index (κ1) is 25.2. The highest BCUT2D eigenvalue weighted by Crippen LogP contribution is 2.48. The highest BCUT2D eigenvalue weighted by atomic mass is 32.2. The van der Waals surface area contributed by atoms with Crippen LogP contribution in [-0.2, 0) is 10.3 Å². The minimum atomic E-state index is -2.13. The van der Waals surface area contributed by atoms with Crippen molar-refractivity contribution in [1.82, 2.24) is 10.5 Å². The number of carbonyl (C=O) groups is 1. The number of amides is 1. The van der Waals surface area contributed by atoms with Crippen LogP contribution in [0, 0.1) is 25.5 Å². The van der Waals surface area contributed by atoms with E-state index in [0.717, 1.165) is 11.6 Å². The summed E-state index contributed by atoms with van der Waals surface area (Å²) in [5, 5.41) is 25.4. The first-order chi connectivity index (χ1) is 15.2. The molecule has 1 amide bonds. The third kappa shape index (κ3) is 5.56. The van der Waals surface area contributed by atoms with Crippen LogP contribution in [0.3, 0.4) is 0 Å². The largest absolute Gasteiger partial charge is 0.491 e. The van der Waals surface area contributed by atoms with Crippen LogP contribution in [0.15, 0.2) is 21.6 Å². The molecule has 0 radical (unpaired) electrons. The molecule has 0 saturated carbocycles. The number of rotatable bonds is 3. The van der Waals surface area contributed by atoms with E-state index in [-0.39, 0.29) is 22.4 Å². The number of hydrogen-bond acceptors (Lipinski definition) is 8. The van der Waals surface area contributed by atoms with E-state index in [2.05, 4.69) is 15.5 Å². The Morgan fingerprint density at radius 1 is 1.30 bits per heavy atom. The second kappa shape index (κ2) is 9.07. The van der Waals surface area contributed by atoms with Gasteiger partial charge in [-0.1, -0.05) is 23.0 Å². The molecular formula is C21H26BF2N3O5S. The fraction of sp³-hybridized carbons (Fsp3) is 0.476. The molecular weight excluding hydrogens is 455 g/mol. The maximum Gasteiger partial charge on any atom is 0.491 e. The van der Waals surface area contributed by atoms with E-state index in [1.54, 1.807) is 41.5 Å². The Kier molecular flexibility index (Phi) is 6.93. The molecule has 1 aromatic carbocycles. The molecule has 2 atom stereocenters. The lowest BCUT2D eigenvalue weighted by atomic mass is 9.75. The number of thioether (sulfide) groups is 1. The van der Waals surface area contributed by atoms with E-state index in [1.165, 1.54) is 11.8 Å². The normalized spacial score (nSPS) is 20.9. The number of nitrogens with zero attached hydrogens (tertiary/aromatic N) is 2. The maximum absolute atomic E-state index is 14.9. The van der Waals surface area contributed by atoms with Gasteiger partial charge in [-0.25, -0.2) is 13.6 Å². The Hall–Kier alpha value is -2.44.